The zero-order chi connectivity index (χ0) is 10.8. The summed E-state index contributed by atoms with van der Waals surface area (Å²) in [4.78, 5) is 4.37. The first-order valence-electron chi connectivity index (χ1n) is 5.01. The van der Waals surface area contributed by atoms with E-state index in [4.69, 9.17) is 0 Å². The molecule has 0 bridgehead atoms. The summed E-state index contributed by atoms with van der Waals surface area (Å²) in [7, 11) is 1.83. The number of anilines is 1. The molecule has 1 aromatic heterocycles. The van der Waals surface area contributed by atoms with Crippen LogP contribution in [0.5, 0.6) is 0 Å². The summed E-state index contributed by atoms with van der Waals surface area (Å²) in [6, 6.07) is 6.72. The molecule has 0 spiro atoms. The number of nitrogens with zero attached hydrogens (tertiary/aromatic N) is 1. The lowest BCUT2D eigenvalue weighted by Crippen LogP contribution is -1.98. The molecule has 0 fully saturated rings. The molecule has 2 rings (SSSR count). The summed E-state index contributed by atoms with van der Waals surface area (Å²) in [5, 5.41) is 4.00. The highest BCUT2D eigenvalue weighted by Gasteiger charge is 2.04. The molecular weight excluding hydrogens is 191 g/mol. The molecule has 1 heterocycles. The Labute approximate surface area is 88.1 Å². The Morgan fingerprint density at radius 3 is 2.80 bits per heavy atom. The van der Waals surface area contributed by atoms with Gasteiger partial charge in [-0.05, 0) is 30.2 Å². The van der Waals surface area contributed by atoms with Crippen LogP contribution in [0, 0.1) is 5.82 Å². The summed E-state index contributed by atoms with van der Waals surface area (Å²) in [6.07, 6.45) is 0.913. The fourth-order valence-electron chi connectivity index (χ4n) is 1.67. The van der Waals surface area contributed by atoms with Crippen LogP contribution < -0.4 is 5.32 Å². The van der Waals surface area contributed by atoms with Crippen LogP contribution in [0.3, 0.4) is 0 Å². The fraction of sp³-hybridized carbons (Fsp3) is 0.250. The van der Waals surface area contributed by atoms with Crippen molar-refractivity contribution in [1.82, 2.24) is 4.98 Å². The minimum absolute atomic E-state index is 0.249. The van der Waals surface area contributed by atoms with Gasteiger partial charge in [-0.15, -0.1) is 0 Å². The Bertz CT molecular complexity index is 494. The van der Waals surface area contributed by atoms with Crippen LogP contribution in [0.4, 0.5) is 10.2 Å². The van der Waals surface area contributed by atoms with E-state index in [0.717, 1.165) is 23.2 Å². The van der Waals surface area contributed by atoms with Gasteiger partial charge in [0.25, 0.3) is 0 Å². The van der Waals surface area contributed by atoms with Gasteiger partial charge in [0.05, 0.1) is 5.52 Å². The molecule has 0 saturated heterocycles. The first-order chi connectivity index (χ1) is 7.24. The molecule has 0 aliphatic heterocycles. The van der Waals surface area contributed by atoms with Crippen LogP contribution in [0.25, 0.3) is 10.9 Å². The van der Waals surface area contributed by atoms with Crippen molar-refractivity contribution in [3.8, 4) is 0 Å². The number of halogens is 1. The highest BCUT2D eigenvalue weighted by Crippen LogP contribution is 2.21. The third-order valence-corrected chi connectivity index (χ3v) is 2.48. The minimum Gasteiger partial charge on any atom is -0.373 e. The van der Waals surface area contributed by atoms with Crippen molar-refractivity contribution in [2.24, 2.45) is 0 Å². The molecule has 78 valence electrons. The number of rotatable bonds is 2. The van der Waals surface area contributed by atoms with Crippen molar-refractivity contribution in [1.29, 1.82) is 0 Å². The highest BCUT2D eigenvalue weighted by molar-refractivity contribution is 5.81. The van der Waals surface area contributed by atoms with E-state index < -0.39 is 0 Å². The smallest absolute Gasteiger partial charge is 0.129 e. The molecule has 0 saturated carbocycles. The van der Waals surface area contributed by atoms with E-state index >= 15 is 0 Å². The Kier molecular flexibility index (Phi) is 2.54. The first kappa shape index (κ1) is 9.90. The van der Waals surface area contributed by atoms with E-state index in [1.807, 2.05) is 13.1 Å². The van der Waals surface area contributed by atoms with Gasteiger partial charge in [-0.2, -0.15) is 0 Å². The molecule has 1 aromatic carbocycles. The van der Waals surface area contributed by atoms with Gasteiger partial charge in [0, 0.05) is 18.5 Å². The lowest BCUT2D eigenvalue weighted by atomic mass is 10.1. The number of benzene rings is 1. The maximum atomic E-state index is 13.0. The third kappa shape index (κ3) is 1.77. The van der Waals surface area contributed by atoms with Gasteiger partial charge in [0.1, 0.15) is 11.6 Å². The molecule has 0 unspecified atom stereocenters. The zero-order valence-electron chi connectivity index (χ0n) is 8.84. The maximum absolute atomic E-state index is 13.0. The number of aryl methyl sites for hydroxylation is 1. The van der Waals surface area contributed by atoms with Crippen LogP contribution in [-0.2, 0) is 6.42 Å². The predicted octanol–water partition coefficient (Wildman–Crippen LogP) is 2.98. The quantitative estimate of drug-likeness (QED) is 0.813. The fourth-order valence-corrected chi connectivity index (χ4v) is 1.67. The summed E-state index contributed by atoms with van der Waals surface area (Å²) in [6.45, 7) is 2.08. The van der Waals surface area contributed by atoms with Crippen LogP contribution in [0.1, 0.15) is 12.5 Å². The SMILES string of the molecule is CCc1cc2ccc(F)cc2nc1NC. The lowest BCUT2D eigenvalue weighted by molar-refractivity contribution is 0.629. The second kappa shape index (κ2) is 3.85. The van der Waals surface area contributed by atoms with E-state index in [9.17, 15) is 4.39 Å². The molecule has 0 atom stereocenters. The largest absolute Gasteiger partial charge is 0.373 e. The van der Waals surface area contributed by atoms with Crippen molar-refractivity contribution in [2.45, 2.75) is 13.3 Å². The summed E-state index contributed by atoms with van der Waals surface area (Å²) >= 11 is 0. The maximum Gasteiger partial charge on any atom is 0.129 e. The van der Waals surface area contributed by atoms with E-state index in [2.05, 4.69) is 17.2 Å². The van der Waals surface area contributed by atoms with E-state index in [-0.39, 0.29) is 5.82 Å². The second-order valence-electron chi connectivity index (χ2n) is 3.44. The molecular formula is C12H13FN2. The molecule has 0 aliphatic carbocycles. The van der Waals surface area contributed by atoms with Crippen molar-refractivity contribution in [3.05, 3.63) is 35.6 Å². The number of pyridine rings is 1. The number of aromatic nitrogens is 1. The van der Waals surface area contributed by atoms with E-state index in [1.165, 1.54) is 12.1 Å². The van der Waals surface area contributed by atoms with Gasteiger partial charge in [0.15, 0.2) is 0 Å². The van der Waals surface area contributed by atoms with E-state index in [0.29, 0.717) is 5.52 Å². The van der Waals surface area contributed by atoms with E-state index in [1.54, 1.807) is 6.07 Å². The molecule has 2 nitrogen and oxygen atoms in total. The predicted molar refractivity (Wildman–Crippen MR) is 60.6 cm³/mol. The Hall–Kier alpha value is -1.64. The highest BCUT2D eigenvalue weighted by atomic mass is 19.1. The molecule has 0 amide bonds. The van der Waals surface area contributed by atoms with Crippen LogP contribution in [-0.4, -0.2) is 12.0 Å². The molecule has 0 radical (unpaired) electrons. The molecule has 2 aromatic rings. The van der Waals surface area contributed by atoms with Crippen molar-refractivity contribution >= 4 is 16.7 Å². The van der Waals surface area contributed by atoms with Gasteiger partial charge in [-0.1, -0.05) is 6.92 Å². The summed E-state index contributed by atoms with van der Waals surface area (Å²) < 4.78 is 13.0. The van der Waals surface area contributed by atoms with Gasteiger partial charge in [-0.25, -0.2) is 9.37 Å². The van der Waals surface area contributed by atoms with Crippen LogP contribution in [0.2, 0.25) is 0 Å². The summed E-state index contributed by atoms with van der Waals surface area (Å²) in [5.41, 5.74) is 1.84. The number of nitrogens with one attached hydrogen (secondary N) is 1. The van der Waals surface area contributed by atoms with Gasteiger partial charge < -0.3 is 5.32 Å². The minimum atomic E-state index is -0.249. The lowest BCUT2D eigenvalue weighted by Gasteiger charge is -2.08. The molecule has 0 aliphatic rings. The number of hydrogen-bond donors (Lipinski definition) is 1. The Balaban J connectivity index is 2.69. The molecule has 3 heteroatoms. The average Bonchev–Trinajstić information content (AvgIpc) is 2.27. The standard InChI is InChI=1S/C12H13FN2/c1-3-8-6-9-4-5-10(13)7-11(9)15-12(8)14-2/h4-7H,3H2,1-2H3,(H,14,15). The monoisotopic (exact) mass is 204 g/mol. The molecule has 15 heavy (non-hydrogen) atoms. The number of fused-ring (bicyclic) bond motifs is 1. The van der Waals surface area contributed by atoms with Crippen LogP contribution in [0.15, 0.2) is 24.3 Å². The van der Waals surface area contributed by atoms with Crippen LogP contribution >= 0.6 is 0 Å². The topological polar surface area (TPSA) is 24.9 Å². The third-order valence-electron chi connectivity index (χ3n) is 2.48. The number of hydrogen-bond acceptors (Lipinski definition) is 2. The Morgan fingerprint density at radius 1 is 1.33 bits per heavy atom. The summed E-state index contributed by atoms with van der Waals surface area (Å²) in [5.74, 6) is 0.580. The first-order valence-corrected chi connectivity index (χ1v) is 5.01. The zero-order valence-corrected chi connectivity index (χ0v) is 8.84. The van der Waals surface area contributed by atoms with Crippen molar-refractivity contribution < 1.29 is 4.39 Å². The average molecular weight is 204 g/mol. The second-order valence-corrected chi connectivity index (χ2v) is 3.44. The van der Waals surface area contributed by atoms with Crippen molar-refractivity contribution in [2.75, 3.05) is 12.4 Å². The normalized spacial score (nSPS) is 10.6. The van der Waals surface area contributed by atoms with Crippen molar-refractivity contribution in [3.63, 3.8) is 0 Å². The molecule has 1 N–H and O–H groups in total. The Morgan fingerprint density at radius 2 is 2.13 bits per heavy atom. The van der Waals surface area contributed by atoms with Gasteiger partial charge >= 0.3 is 0 Å². The van der Waals surface area contributed by atoms with Gasteiger partial charge in [-0.3, -0.25) is 0 Å². The van der Waals surface area contributed by atoms with Gasteiger partial charge in [0.2, 0.25) is 0 Å².